The van der Waals surface area contributed by atoms with Crippen LogP contribution in [-0.4, -0.2) is 16.1 Å². The second kappa shape index (κ2) is 5.69. The molecule has 1 heterocycles. The second-order valence-corrected chi connectivity index (χ2v) is 4.47. The number of hydrogen-bond acceptors (Lipinski definition) is 2. The van der Waals surface area contributed by atoms with Gasteiger partial charge in [0.1, 0.15) is 5.38 Å². The van der Waals surface area contributed by atoms with Crippen LogP contribution in [-0.2, 0) is 4.79 Å². The molecule has 4 nitrogen and oxygen atoms in total. The summed E-state index contributed by atoms with van der Waals surface area (Å²) in [6.07, 6.45) is 3.42. The Labute approximate surface area is 110 Å². The van der Waals surface area contributed by atoms with E-state index < -0.39 is 5.38 Å². The number of nitrogens with zero attached hydrogens (tertiary/aromatic N) is 1. The molecule has 0 fully saturated rings. The lowest BCUT2D eigenvalue weighted by atomic mass is 10.1. The Morgan fingerprint density at radius 2 is 2.06 bits per heavy atom. The molecule has 2 rings (SSSR count). The van der Waals surface area contributed by atoms with Gasteiger partial charge in [-0.1, -0.05) is 30.3 Å². The highest BCUT2D eigenvalue weighted by molar-refractivity contribution is 6.30. The van der Waals surface area contributed by atoms with Crippen molar-refractivity contribution in [3.05, 3.63) is 53.9 Å². The van der Waals surface area contributed by atoms with Gasteiger partial charge in [-0.05, 0) is 12.5 Å². The topological polar surface area (TPSA) is 57.8 Å². The molecule has 0 aliphatic carbocycles. The summed E-state index contributed by atoms with van der Waals surface area (Å²) in [5.74, 6) is -0.212. The number of H-pyrrole nitrogens is 1. The van der Waals surface area contributed by atoms with Gasteiger partial charge in [-0.15, -0.1) is 11.6 Å². The molecule has 2 aromatic rings. The first-order valence-corrected chi connectivity index (χ1v) is 6.10. The number of hydrogen-bond donors (Lipinski definition) is 2. The average Bonchev–Trinajstić information content (AvgIpc) is 2.92. The van der Waals surface area contributed by atoms with Crippen molar-refractivity contribution >= 4 is 17.5 Å². The summed E-state index contributed by atoms with van der Waals surface area (Å²) in [5.41, 5.74) is 1.70. The Morgan fingerprint density at radius 3 is 2.67 bits per heavy atom. The Kier molecular flexibility index (Phi) is 3.99. The molecule has 0 bridgehead atoms. The molecule has 0 saturated heterocycles. The summed E-state index contributed by atoms with van der Waals surface area (Å²) in [6.45, 7) is 1.89. The van der Waals surface area contributed by atoms with Crippen molar-refractivity contribution in [1.82, 2.24) is 15.5 Å². The predicted molar refractivity (Wildman–Crippen MR) is 70.2 cm³/mol. The van der Waals surface area contributed by atoms with E-state index in [1.165, 1.54) is 0 Å². The molecule has 5 heteroatoms. The van der Waals surface area contributed by atoms with Crippen molar-refractivity contribution in [2.24, 2.45) is 0 Å². The van der Waals surface area contributed by atoms with E-state index in [0.717, 1.165) is 11.1 Å². The zero-order valence-electron chi connectivity index (χ0n) is 9.93. The fourth-order valence-electron chi connectivity index (χ4n) is 1.64. The van der Waals surface area contributed by atoms with E-state index in [9.17, 15) is 4.79 Å². The Hall–Kier alpha value is -1.81. The van der Waals surface area contributed by atoms with Crippen molar-refractivity contribution in [2.45, 2.75) is 18.3 Å². The number of aromatic nitrogens is 2. The number of amides is 1. The maximum Gasteiger partial charge on any atom is 0.243 e. The third-order valence-electron chi connectivity index (χ3n) is 2.70. The summed E-state index contributed by atoms with van der Waals surface area (Å²) in [5, 5.41) is 8.72. The molecule has 0 radical (unpaired) electrons. The summed E-state index contributed by atoms with van der Waals surface area (Å²) >= 11 is 6.13. The van der Waals surface area contributed by atoms with Crippen LogP contribution < -0.4 is 5.32 Å². The molecule has 1 amide bonds. The van der Waals surface area contributed by atoms with E-state index in [1.807, 2.05) is 37.3 Å². The number of alkyl halides is 1. The number of rotatable bonds is 4. The van der Waals surface area contributed by atoms with E-state index in [4.69, 9.17) is 11.6 Å². The van der Waals surface area contributed by atoms with Crippen LogP contribution in [0.25, 0.3) is 0 Å². The number of benzene rings is 1. The minimum absolute atomic E-state index is 0.124. The Bertz CT molecular complexity index is 498. The molecule has 0 aliphatic heterocycles. The summed E-state index contributed by atoms with van der Waals surface area (Å²) in [7, 11) is 0. The fourth-order valence-corrected chi connectivity index (χ4v) is 1.85. The molecule has 2 atom stereocenters. The highest BCUT2D eigenvalue weighted by Gasteiger charge is 2.19. The van der Waals surface area contributed by atoms with Crippen molar-refractivity contribution < 1.29 is 4.79 Å². The van der Waals surface area contributed by atoms with E-state index in [0.29, 0.717) is 0 Å². The molecule has 0 spiro atoms. The maximum atomic E-state index is 12.0. The first-order valence-electron chi connectivity index (χ1n) is 5.66. The Balaban J connectivity index is 2.00. The lowest BCUT2D eigenvalue weighted by Gasteiger charge is -2.15. The summed E-state index contributed by atoms with van der Waals surface area (Å²) in [4.78, 5) is 12.0. The monoisotopic (exact) mass is 263 g/mol. The molecule has 0 aliphatic rings. The molecule has 2 N–H and O–H groups in total. The SMILES string of the molecule is CC(NC(=O)C(Cl)c1ccccc1)c1cn[nH]c1. The fraction of sp³-hybridized carbons (Fsp3) is 0.231. The average molecular weight is 264 g/mol. The highest BCUT2D eigenvalue weighted by atomic mass is 35.5. The van der Waals surface area contributed by atoms with Crippen LogP contribution in [0, 0.1) is 0 Å². The third-order valence-corrected chi connectivity index (χ3v) is 3.15. The van der Waals surface area contributed by atoms with Crippen molar-refractivity contribution in [3.63, 3.8) is 0 Å². The van der Waals surface area contributed by atoms with Gasteiger partial charge >= 0.3 is 0 Å². The van der Waals surface area contributed by atoms with Crippen LogP contribution in [0.5, 0.6) is 0 Å². The normalized spacial score (nSPS) is 13.9. The quantitative estimate of drug-likeness (QED) is 0.833. The van der Waals surface area contributed by atoms with Crippen molar-refractivity contribution in [1.29, 1.82) is 0 Å². The Morgan fingerprint density at radius 1 is 1.33 bits per heavy atom. The van der Waals surface area contributed by atoms with Gasteiger partial charge in [-0.25, -0.2) is 0 Å². The summed E-state index contributed by atoms with van der Waals surface area (Å²) < 4.78 is 0. The first kappa shape index (κ1) is 12.6. The van der Waals surface area contributed by atoms with Crippen LogP contribution in [0.4, 0.5) is 0 Å². The molecule has 0 saturated carbocycles. The van der Waals surface area contributed by atoms with Crippen LogP contribution in [0.3, 0.4) is 0 Å². The van der Waals surface area contributed by atoms with E-state index in [2.05, 4.69) is 15.5 Å². The van der Waals surface area contributed by atoms with Gasteiger partial charge < -0.3 is 5.32 Å². The molecule has 1 aromatic heterocycles. The van der Waals surface area contributed by atoms with Gasteiger partial charge in [0.15, 0.2) is 0 Å². The molecule has 2 unspecified atom stereocenters. The van der Waals surface area contributed by atoms with Crippen molar-refractivity contribution in [3.8, 4) is 0 Å². The van der Waals surface area contributed by atoms with Gasteiger partial charge in [0, 0.05) is 11.8 Å². The molecule has 94 valence electrons. The minimum atomic E-state index is -0.680. The maximum absolute atomic E-state index is 12.0. The zero-order valence-corrected chi connectivity index (χ0v) is 10.7. The van der Waals surface area contributed by atoms with Gasteiger partial charge in [-0.3, -0.25) is 9.89 Å². The third kappa shape index (κ3) is 2.90. The van der Waals surface area contributed by atoms with E-state index >= 15 is 0 Å². The molecule has 18 heavy (non-hydrogen) atoms. The first-order chi connectivity index (χ1) is 8.68. The number of nitrogens with one attached hydrogen (secondary N) is 2. The minimum Gasteiger partial charge on any atom is -0.348 e. The van der Waals surface area contributed by atoms with E-state index in [-0.39, 0.29) is 11.9 Å². The lowest BCUT2D eigenvalue weighted by Crippen LogP contribution is -2.29. The molecular formula is C13H14ClN3O. The highest BCUT2D eigenvalue weighted by Crippen LogP contribution is 2.21. The zero-order chi connectivity index (χ0) is 13.0. The van der Waals surface area contributed by atoms with Gasteiger partial charge in [0.2, 0.25) is 5.91 Å². The smallest absolute Gasteiger partial charge is 0.243 e. The van der Waals surface area contributed by atoms with Gasteiger partial charge in [-0.2, -0.15) is 5.10 Å². The second-order valence-electron chi connectivity index (χ2n) is 4.04. The van der Waals surface area contributed by atoms with Crippen LogP contribution in [0.1, 0.15) is 29.5 Å². The number of carbonyl (C=O) groups excluding carboxylic acids is 1. The number of aromatic amines is 1. The van der Waals surface area contributed by atoms with Gasteiger partial charge in [0.25, 0.3) is 0 Å². The van der Waals surface area contributed by atoms with Crippen LogP contribution in [0.15, 0.2) is 42.7 Å². The standard InChI is InChI=1S/C13H14ClN3O/c1-9(11-7-15-16-8-11)17-13(18)12(14)10-5-3-2-4-6-10/h2-9,12H,1H3,(H,15,16)(H,17,18). The van der Waals surface area contributed by atoms with Crippen LogP contribution in [0.2, 0.25) is 0 Å². The van der Waals surface area contributed by atoms with Gasteiger partial charge in [0.05, 0.1) is 12.2 Å². The summed E-state index contributed by atoms with van der Waals surface area (Å²) in [6, 6.07) is 9.15. The number of halogens is 1. The number of carbonyl (C=O) groups is 1. The predicted octanol–water partition coefficient (Wildman–Crippen LogP) is 2.57. The van der Waals surface area contributed by atoms with E-state index in [1.54, 1.807) is 12.4 Å². The lowest BCUT2D eigenvalue weighted by molar-refractivity contribution is -0.121. The van der Waals surface area contributed by atoms with Crippen molar-refractivity contribution in [2.75, 3.05) is 0 Å². The largest absolute Gasteiger partial charge is 0.348 e. The molecule has 1 aromatic carbocycles. The molecular weight excluding hydrogens is 250 g/mol. The van der Waals surface area contributed by atoms with Crippen LogP contribution >= 0.6 is 11.6 Å².